The molecular weight excluding hydrogens is 274 g/mol. The van der Waals surface area contributed by atoms with Crippen molar-refractivity contribution in [1.29, 1.82) is 0 Å². The van der Waals surface area contributed by atoms with Crippen LogP contribution in [0.5, 0.6) is 0 Å². The Morgan fingerprint density at radius 1 is 1.61 bits per heavy atom. The maximum Gasteiger partial charge on any atom is 0.324 e. The van der Waals surface area contributed by atoms with Crippen LogP contribution in [0.15, 0.2) is 23.4 Å². The quantitative estimate of drug-likeness (QED) is 0.860. The number of carbonyl (C=O) groups is 2. The minimum absolute atomic E-state index is 0.202. The number of pyridine rings is 1. The van der Waals surface area contributed by atoms with Gasteiger partial charge in [0.05, 0.1) is 15.3 Å². The Kier molecular flexibility index (Phi) is 4.08. The van der Waals surface area contributed by atoms with Crippen molar-refractivity contribution in [3.8, 4) is 0 Å². The zero-order valence-electron chi connectivity index (χ0n) is 9.72. The second kappa shape index (κ2) is 5.58. The van der Waals surface area contributed by atoms with E-state index < -0.39 is 0 Å². The summed E-state index contributed by atoms with van der Waals surface area (Å²) in [5, 5.41) is 3.50. The van der Waals surface area contributed by atoms with Gasteiger partial charge in [-0.1, -0.05) is 23.4 Å². The number of hydrogen-bond acceptors (Lipinski definition) is 4. The normalized spacial score (nSPS) is 16.6. The highest BCUT2D eigenvalue weighted by molar-refractivity contribution is 8.00. The molecule has 3 amide bonds. The van der Waals surface area contributed by atoms with E-state index in [1.54, 1.807) is 19.1 Å². The van der Waals surface area contributed by atoms with Crippen LogP contribution in [-0.2, 0) is 4.79 Å². The molecule has 96 valence electrons. The number of nitrogens with zero attached hydrogens (tertiary/aromatic N) is 2. The van der Waals surface area contributed by atoms with E-state index in [4.69, 9.17) is 11.6 Å². The second-order valence-corrected chi connectivity index (χ2v) is 5.59. The number of nitrogens with one attached hydrogen (secondary N) is 1. The first-order valence-electron chi connectivity index (χ1n) is 5.45. The van der Waals surface area contributed by atoms with Gasteiger partial charge in [0.25, 0.3) is 0 Å². The first-order chi connectivity index (χ1) is 8.58. The average Bonchev–Trinajstić information content (AvgIpc) is 2.77. The Morgan fingerprint density at radius 3 is 2.94 bits per heavy atom. The Bertz CT molecular complexity index is 466. The molecule has 7 heteroatoms. The highest BCUT2D eigenvalue weighted by atomic mass is 35.5. The number of hydrogen-bond donors (Lipinski definition) is 1. The molecule has 0 bridgehead atoms. The summed E-state index contributed by atoms with van der Waals surface area (Å²) in [6, 6.07) is 3.15. The summed E-state index contributed by atoms with van der Waals surface area (Å²) in [4.78, 5) is 28.7. The minimum atomic E-state index is -0.359. The lowest BCUT2D eigenvalue weighted by molar-refractivity contribution is -0.126. The molecule has 18 heavy (non-hydrogen) atoms. The van der Waals surface area contributed by atoms with Gasteiger partial charge in [-0.15, -0.1) is 0 Å². The van der Waals surface area contributed by atoms with Crippen molar-refractivity contribution in [2.24, 2.45) is 0 Å². The maximum absolute atomic E-state index is 12.0. The zero-order chi connectivity index (χ0) is 13.1. The number of aromatic nitrogens is 1. The molecule has 1 aliphatic heterocycles. The van der Waals surface area contributed by atoms with Crippen molar-refractivity contribution in [3.63, 3.8) is 0 Å². The molecule has 1 fully saturated rings. The van der Waals surface area contributed by atoms with E-state index in [0.29, 0.717) is 23.1 Å². The molecule has 2 rings (SSSR count). The first-order valence-corrected chi connectivity index (χ1v) is 6.71. The zero-order valence-corrected chi connectivity index (χ0v) is 11.3. The summed E-state index contributed by atoms with van der Waals surface area (Å²) >= 11 is 7.04. The van der Waals surface area contributed by atoms with Crippen LogP contribution in [0.4, 0.5) is 4.79 Å². The number of imide groups is 1. The summed E-state index contributed by atoms with van der Waals surface area (Å²) in [6.45, 7) is 2.70. The average molecular weight is 286 g/mol. The molecule has 1 atom stereocenters. The van der Waals surface area contributed by atoms with Gasteiger partial charge in [0.15, 0.2) is 0 Å². The minimum Gasteiger partial charge on any atom is -0.336 e. The van der Waals surface area contributed by atoms with Gasteiger partial charge in [0.2, 0.25) is 5.91 Å². The van der Waals surface area contributed by atoms with Crippen LogP contribution in [0.3, 0.4) is 0 Å². The van der Waals surface area contributed by atoms with Gasteiger partial charge in [-0.05, 0) is 19.1 Å². The molecule has 1 aliphatic rings. The third kappa shape index (κ3) is 2.94. The van der Waals surface area contributed by atoms with Crippen LogP contribution in [0.1, 0.15) is 6.92 Å². The molecule has 1 aromatic rings. The van der Waals surface area contributed by atoms with Crippen molar-refractivity contribution in [1.82, 2.24) is 15.2 Å². The van der Waals surface area contributed by atoms with Crippen molar-refractivity contribution < 1.29 is 9.59 Å². The molecule has 0 spiro atoms. The topological polar surface area (TPSA) is 62.3 Å². The SMILES string of the molecule is C[C@@H](Sc1ccc(Cl)cn1)C(=O)N1CCNC1=O. The fourth-order valence-corrected chi connectivity index (χ4v) is 2.53. The van der Waals surface area contributed by atoms with Crippen LogP contribution in [0.2, 0.25) is 5.02 Å². The van der Waals surface area contributed by atoms with Crippen LogP contribution < -0.4 is 5.32 Å². The third-order valence-electron chi connectivity index (χ3n) is 2.47. The lowest BCUT2D eigenvalue weighted by atomic mass is 10.4. The van der Waals surface area contributed by atoms with E-state index in [0.717, 1.165) is 0 Å². The fraction of sp³-hybridized carbons (Fsp3) is 0.364. The largest absolute Gasteiger partial charge is 0.336 e. The van der Waals surface area contributed by atoms with Crippen LogP contribution in [0.25, 0.3) is 0 Å². The van der Waals surface area contributed by atoms with Gasteiger partial charge in [0, 0.05) is 19.3 Å². The summed E-state index contributed by atoms with van der Waals surface area (Å²) in [5.74, 6) is -0.202. The van der Waals surface area contributed by atoms with Crippen LogP contribution in [-0.4, -0.2) is 40.2 Å². The number of carbonyl (C=O) groups excluding carboxylic acids is 2. The standard InChI is InChI=1S/C11H12ClN3O2S/c1-7(10(16)15-5-4-13-11(15)17)18-9-3-2-8(12)6-14-9/h2-3,6-7H,4-5H2,1H3,(H,13,17)/t7-/m1/s1. The Balaban J connectivity index is 1.99. The van der Waals surface area contributed by atoms with E-state index in [9.17, 15) is 9.59 Å². The number of halogens is 1. The van der Waals surface area contributed by atoms with E-state index in [1.165, 1.54) is 22.9 Å². The van der Waals surface area contributed by atoms with Crippen LogP contribution in [0, 0.1) is 0 Å². The predicted molar refractivity (Wildman–Crippen MR) is 69.7 cm³/mol. The number of rotatable bonds is 3. The van der Waals surface area contributed by atoms with Gasteiger partial charge in [0.1, 0.15) is 0 Å². The molecule has 0 unspecified atom stereocenters. The van der Waals surface area contributed by atoms with E-state index in [-0.39, 0.29) is 17.2 Å². The molecule has 0 saturated carbocycles. The molecule has 5 nitrogen and oxygen atoms in total. The number of urea groups is 1. The monoisotopic (exact) mass is 285 g/mol. The van der Waals surface area contributed by atoms with Crippen molar-refractivity contribution in [3.05, 3.63) is 23.4 Å². The van der Waals surface area contributed by atoms with Crippen molar-refractivity contribution in [2.75, 3.05) is 13.1 Å². The van der Waals surface area contributed by atoms with E-state index >= 15 is 0 Å². The number of thioether (sulfide) groups is 1. The molecule has 0 aliphatic carbocycles. The summed E-state index contributed by atoms with van der Waals surface area (Å²) in [7, 11) is 0. The van der Waals surface area contributed by atoms with Crippen LogP contribution >= 0.6 is 23.4 Å². The second-order valence-electron chi connectivity index (χ2n) is 3.80. The van der Waals surface area contributed by atoms with Gasteiger partial charge < -0.3 is 5.32 Å². The third-order valence-corrected chi connectivity index (χ3v) is 3.73. The number of amides is 3. The lowest BCUT2D eigenvalue weighted by Crippen LogP contribution is -2.38. The smallest absolute Gasteiger partial charge is 0.324 e. The van der Waals surface area contributed by atoms with Gasteiger partial charge in [-0.25, -0.2) is 9.78 Å². The molecule has 1 aromatic heterocycles. The van der Waals surface area contributed by atoms with Gasteiger partial charge in [-0.2, -0.15) is 0 Å². The van der Waals surface area contributed by atoms with E-state index in [1.807, 2.05) is 0 Å². The molecule has 1 saturated heterocycles. The summed E-state index contributed by atoms with van der Waals surface area (Å²) < 4.78 is 0. The van der Waals surface area contributed by atoms with Crippen molar-refractivity contribution >= 4 is 35.3 Å². The fourth-order valence-electron chi connectivity index (χ4n) is 1.56. The lowest BCUT2D eigenvalue weighted by Gasteiger charge is -2.16. The predicted octanol–water partition coefficient (Wildman–Crippen LogP) is 1.77. The maximum atomic E-state index is 12.0. The Hall–Kier alpha value is -1.27. The van der Waals surface area contributed by atoms with Gasteiger partial charge in [-0.3, -0.25) is 9.69 Å². The molecule has 0 radical (unpaired) electrons. The highest BCUT2D eigenvalue weighted by Crippen LogP contribution is 2.23. The summed E-state index contributed by atoms with van der Waals surface area (Å²) in [5.41, 5.74) is 0. The first kappa shape index (κ1) is 13.2. The Labute approximate surface area is 114 Å². The molecule has 0 aromatic carbocycles. The Morgan fingerprint density at radius 2 is 2.39 bits per heavy atom. The summed E-state index contributed by atoms with van der Waals surface area (Å²) in [6.07, 6.45) is 1.53. The molecule has 1 N–H and O–H groups in total. The molecular formula is C11H12ClN3O2S. The van der Waals surface area contributed by atoms with Gasteiger partial charge >= 0.3 is 6.03 Å². The molecule has 2 heterocycles. The van der Waals surface area contributed by atoms with Crippen molar-refractivity contribution in [2.45, 2.75) is 17.2 Å². The van der Waals surface area contributed by atoms with E-state index in [2.05, 4.69) is 10.3 Å². The highest BCUT2D eigenvalue weighted by Gasteiger charge is 2.30.